The highest BCUT2D eigenvalue weighted by Gasteiger charge is 2.27. The van der Waals surface area contributed by atoms with E-state index in [-0.39, 0.29) is 18.6 Å². The van der Waals surface area contributed by atoms with E-state index < -0.39 is 0 Å². The van der Waals surface area contributed by atoms with Crippen LogP contribution >= 0.6 is 0 Å². The Hall–Kier alpha value is -1.81. The number of hydrogen-bond acceptors (Lipinski definition) is 2. The van der Waals surface area contributed by atoms with Crippen LogP contribution in [0.1, 0.15) is 42.5 Å². The average molecular weight is 286 g/mol. The Morgan fingerprint density at radius 1 is 1.24 bits per heavy atom. The van der Waals surface area contributed by atoms with Gasteiger partial charge in [-0.3, -0.25) is 4.79 Å². The number of H-pyrrole nitrogens is 1. The third-order valence-corrected chi connectivity index (χ3v) is 4.44. The number of carbonyl (C=O) groups excluding carboxylic acids is 1. The summed E-state index contributed by atoms with van der Waals surface area (Å²) in [5.41, 5.74) is 1.69. The lowest BCUT2D eigenvalue weighted by Crippen LogP contribution is -2.43. The number of nitrogens with one attached hydrogen (secondary N) is 1. The molecular weight excluding hydrogens is 264 g/mol. The van der Waals surface area contributed by atoms with Crippen LogP contribution in [0.3, 0.4) is 0 Å². The van der Waals surface area contributed by atoms with Crippen LogP contribution in [0, 0.1) is 0 Å². The topological polar surface area (TPSA) is 56.3 Å². The Bertz CT molecular complexity index is 614. The summed E-state index contributed by atoms with van der Waals surface area (Å²) in [7, 11) is 0. The van der Waals surface area contributed by atoms with Crippen molar-refractivity contribution in [2.24, 2.45) is 0 Å². The van der Waals surface area contributed by atoms with E-state index in [1.54, 1.807) is 6.20 Å². The van der Waals surface area contributed by atoms with Crippen LogP contribution in [0.5, 0.6) is 0 Å². The Labute approximate surface area is 124 Å². The molecule has 0 unspecified atom stereocenters. The second kappa shape index (κ2) is 6.31. The number of carbonyl (C=O) groups is 1. The van der Waals surface area contributed by atoms with Crippen LogP contribution in [-0.2, 0) is 0 Å². The highest BCUT2D eigenvalue weighted by Crippen LogP contribution is 2.26. The molecule has 112 valence electrons. The van der Waals surface area contributed by atoms with Gasteiger partial charge in [-0.15, -0.1) is 0 Å². The largest absolute Gasteiger partial charge is 0.395 e. The third-order valence-electron chi connectivity index (χ3n) is 4.44. The summed E-state index contributed by atoms with van der Waals surface area (Å²) in [6.07, 6.45) is 7.49. The molecule has 1 aromatic heterocycles. The molecule has 0 aliphatic heterocycles. The standard InChI is InChI=1S/C17H22N2O2/c20-11-10-19(13-6-2-1-3-7-13)17(21)15-12-18-16-9-5-4-8-14(15)16/h4-5,8-9,12-13,18,20H,1-3,6-7,10-11H2. The molecule has 1 heterocycles. The van der Waals surface area contributed by atoms with E-state index in [0.717, 1.165) is 23.7 Å². The molecule has 3 rings (SSSR count). The van der Waals surface area contributed by atoms with E-state index >= 15 is 0 Å². The summed E-state index contributed by atoms with van der Waals surface area (Å²) in [5.74, 6) is 0.0356. The van der Waals surface area contributed by atoms with Crippen LogP contribution < -0.4 is 0 Å². The molecule has 0 atom stereocenters. The number of aliphatic hydroxyl groups excluding tert-OH is 1. The monoisotopic (exact) mass is 286 g/mol. The summed E-state index contributed by atoms with van der Waals surface area (Å²) < 4.78 is 0. The SMILES string of the molecule is O=C(c1c[nH]c2ccccc12)N(CCO)C1CCCCC1. The summed E-state index contributed by atoms with van der Waals surface area (Å²) in [6, 6.07) is 8.12. The minimum Gasteiger partial charge on any atom is -0.395 e. The zero-order chi connectivity index (χ0) is 14.7. The number of aromatic amines is 1. The van der Waals surface area contributed by atoms with Crippen molar-refractivity contribution in [2.75, 3.05) is 13.2 Å². The Kier molecular flexibility index (Phi) is 4.25. The lowest BCUT2D eigenvalue weighted by molar-refractivity contribution is 0.0587. The van der Waals surface area contributed by atoms with Gasteiger partial charge in [0.1, 0.15) is 0 Å². The quantitative estimate of drug-likeness (QED) is 0.908. The molecule has 1 amide bonds. The number of nitrogens with zero attached hydrogens (tertiary/aromatic N) is 1. The highest BCUT2D eigenvalue weighted by molar-refractivity contribution is 6.06. The zero-order valence-corrected chi connectivity index (χ0v) is 12.2. The molecule has 4 heteroatoms. The van der Waals surface area contributed by atoms with Crippen molar-refractivity contribution in [3.8, 4) is 0 Å². The van der Waals surface area contributed by atoms with Crippen molar-refractivity contribution in [3.63, 3.8) is 0 Å². The van der Waals surface area contributed by atoms with Gasteiger partial charge in [-0.2, -0.15) is 0 Å². The van der Waals surface area contributed by atoms with Gasteiger partial charge in [0.2, 0.25) is 0 Å². The summed E-state index contributed by atoms with van der Waals surface area (Å²) in [5, 5.41) is 10.3. The second-order valence-corrected chi connectivity index (χ2v) is 5.76. The Morgan fingerprint density at radius 2 is 2.00 bits per heavy atom. The molecule has 1 aliphatic carbocycles. The maximum absolute atomic E-state index is 12.9. The Morgan fingerprint density at radius 3 is 2.76 bits per heavy atom. The van der Waals surface area contributed by atoms with Crippen molar-refractivity contribution in [2.45, 2.75) is 38.1 Å². The highest BCUT2D eigenvalue weighted by atomic mass is 16.3. The van der Waals surface area contributed by atoms with Crippen LogP contribution in [0.15, 0.2) is 30.5 Å². The molecule has 21 heavy (non-hydrogen) atoms. The molecule has 0 saturated heterocycles. The molecule has 1 saturated carbocycles. The first-order chi connectivity index (χ1) is 10.3. The van der Waals surface area contributed by atoms with Crippen LogP contribution in [-0.4, -0.2) is 40.1 Å². The van der Waals surface area contributed by atoms with Crippen molar-refractivity contribution in [1.29, 1.82) is 0 Å². The van der Waals surface area contributed by atoms with Gasteiger partial charge < -0.3 is 15.0 Å². The number of para-hydroxylation sites is 1. The van der Waals surface area contributed by atoms with Gasteiger partial charge in [-0.1, -0.05) is 37.5 Å². The normalized spacial score (nSPS) is 16.2. The Balaban J connectivity index is 1.89. The fraction of sp³-hybridized carbons (Fsp3) is 0.471. The van der Waals surface area contributed by atoms with Gasteiger partial charge in [0.15, 0.2) is 0 Å². The van der Waals surface area contributed by atoms with Crippen molar-refractivity contribution >= 4 is 16.8 Å². The minimum absolute atomic E-state index is 0.0184. The smallest absolute Gasteiger partial charge is 0.256 e. The predicted molar refractivity (Wildman–Crippen MR) is 83.3 cm³/mol. The first kappa shape index (κ1) is 14.1. The average Bonchev–Trinajstić information content (AvgIpc) is 2.97. The van der Waals surface area contributed by atoms with Gasteiger partial charge in [-0.25, -0.2) is 0 Å². The molecule has 4 nitrogen and oxygen atoms in total. The fourth-order valence-electron chi connectivity index (χ4n) is 3.35. The van der Waals surface area contributed by atoms with E-state index in [2.05, 4.69) is 4.98 Å². The van der Waals surface area contributed by atoms with E-state index in [1.165, 1.54) is 19.3 Å². The molecule has 2 aromatic rings. The number of hydrogen-bond donors (Lipinski definition) is 2. The number of aromatic nitrogens is 1. The van der Waals surface area contributed by atoms with Gasteiger partial charge in [0.05, 0.1) is 12.2 Å². The van der Waals surface area contributed by atoms with Gasteiger partial charge in [0.25, 0.3) is 5.91 Å². The molecule has 1 aromatic carbocycles. The van der Waals surface area contributed by atoms with Crippen molar-refractivity contribution < 1.29 is 9.90 Å². The number of benzene rings is 1. The van der Waals surface area contributed by atoms with Crippen molar-refractivity contribution in [3.05, 3.63) is 36.0 Å². The maximum atomic E-state index is 12.9. The number of amides is 1. The predicted octanol–water partition coefficient (Wildman–Crippen LogP) is 2.94. The van der Waals surface area contributed by atoms with Gasteiger partial charge >= 0.3 is 0 Å². The van der Waals surface area contributed by atoms with Crippen LogP contribution in [0.4, 0.5) is 0 Å². The molecule has 1 fully saturated rings. The van der Waals surface area contributed by atoms with E-state index in [9.17, 15) is 9.90 Å². The molecule has 2 N–H and O–H groups in total. The lowest BCUT2D eigenvalue weighted by atomic mass is 9.93. The summed E-state index contributed by atoms with van der Waals surface area (Å²) in [4.78, 5) is 17.9. The minimum atomic E-state index is 0.0184. The van der Waals surface area contributed by atoms with E-state index in [4.69, 9.17) is 0 Å². The lowest BCUT2D eigenvalue weighted by Gasteiger charge is -2.34. The van der Waals surface area contributed by atoms with E-state index in [1.807, 2.05) is 29.2 Å². The molecular formula is C17H22N2O2. The zero-order valence-electron chi connectivity index (χ0n) is 12.2. The molecule has 0 radical (unpaired) electrons. The number of rotatable bonds is 4. The van der Waals surface area contributed by atoms with E-state index in [0.29, 0.717) is 12.1 Å². The van der Waals surface area contributed by atoms with Gasteiger partial charge in [-0.05, 0) is 18.9 Å². The summed E-state index contributed by atoms with van der Waals surface area (Å²) >= 11 is 0. The van der Waals surface area contributed by atoms with Gasteiger partial charge in [0, 0.05) is 29.7 Å². The number of aliphatic hydroxyl groups is 1. The fourth-order valence-corrected chi connectivity index (χ4v) is 3.35. The first-order valence-corrected chi connectivity index (χ1v) is 7.79. The maximum Gasteiger partial charge on any atom is 0.256 e. The second-order valence-electron chi connectivity index (χ2n) is 5.76. The number of fused-ring (bicyclic) bond motifs is 1. The molecule has 0 bridgehead atoms. The van der Waals surface area contributed by atoms with Crippen LogP contribution in [0.25, 0.3) is 10.9 Å². The molecule has 1 aliphatic rings. The first-order valence-electron chi connectivity index (χ1n) is 7.79. The third kappa shape index (κ3) is 2.81. The summed E-state index contributed by atoms with van der Waals surface area (Å²) in [6.45, 7) is 0.438. The van der Waals surface area contributed by atoms with Crippen molar-refractivity contribution in [1.82, 2.24) is 9.88 Å². The molecule has 0 spiro atoms. The van der Waals surface area contributed by atoms with Crippen LogP contribution in [0.2, 0.25) is 0 Å².